The van der Waals surface area contributed by atoms with Gasteiger partial charge in [0.1, 0.15) is 0 Å². The van der Waals surface area contributed by atoms with Gasteiger partial charge >= 0.3 is 0 Å². The van der Waals surface area contributed by atoms with Gasteiger partial charge in [0.15, 0.2) is 0 Å². The average molecular weight is 334 g/mol. The first-order valence-electron chi connectivity index (χ1n) is 9.42. The van der Waals surface area contributed by atoms with Crippen LogP contribution in [0.3, 0.4) is 0 Å². The van der Waals surface area contributed by atoms with E-state index in [0.717, 1.165) is 36.7 Å². The topological polar surface area (TPSA) is 23.6 Å². The number of likely N-dealkylation sites (tertiary alicyclic amines) is 1. The fourth-order valence-electron chi connectivity index (χ4n) is 4.15. The molecule has 2 aliphatic heterocycles. The van der Waals surface area contributed by atoms with Crippen LogP contribution >= 0.6 is 0 Å². The number of anilines is 1. The van der Waals surface area contributed by atoms with Crippen molar-refractivity contribution in [2.45, 2.75) is 32.7 Å². The highest BCUT2D eigenvalue weighted by molar-refractivity contribution is 6.07. The number of para-hydroxylation sites is 1. The van der Waals surface area contributed by atoms with Crippen LogP contribution in [-0.4, -0.2) is 30.4 Å². The summed E-state index contributed by atoms with van der Waals surface area (Å²) in [7, 11) is 0. The van der Waals surface area contributed by atoms with Gasteiger partial charge in [-0.1, -0.05) is 37.3 Å². The molecule has 3 nitrogen and oxygen atoms in total. The normalized spacial score (nSPS) is 20.5. The highest BCUT2D eigenvalue weighted by Crippen LogP contribution is 2.29. The van der Waals surface area contributed by atoms with E-state index < -0.39 is 0 Å². The Kier molecular flexibility index (Phi) is 4.58. The van der Waals surface area contributed by atoms with E-state index in [-0.39, 0.29) is 5.91 Å². The molecule has 0 aromatic heterocycles. The monoisotopic (exact) mass is 334 g/mol. The van der Waals surface area contributed by atoms with E-state index in [0.29, 0.717) is 0 Å². The Morgan fingerprint density at radius 3 is 2.68 bits per heavy atom. The van der Waals surface area contributed by atoms with Gasteiger partial charge in [-0.25, -0.2) is 0 Å². The third kappa shape index (κ3) is 3.47. The average Bonchev–Trinajstić information content (AvgIpc) is 3.06. The minimum absolute atomic E-state index is 0.114. The van der Waals surface area contributed by atoms with Crippen molar-refractivity contribution in [1.82, 2.24) is 4.90 Å². The lowest BCUT2D eigenvalue weighted by Gasteiger charge is -2.30. The first-order chi connectivity index (χ1) is 12.2. The largest absolute Gasteiger partial charge is 0.308 e. The second-order valence-corrected chi connectivity index (χ2v) is 7.51. The van der Waals surface area contributed by atoms with Crippen LogP contribution in [0.25, 0.3) is 0 Å². The van der Waals surface area contributed by atoms with Gasteiger partial charge in [-0.05, 0) is 61.1 Å². The van der Waals surface area contributed by atoms with Gasteiger partial charge in [0.2, 0.25) is 0 Å². The lowest BCUT2D eigenvalue weighted by molar-refractivity contribution is 0.0989. The van der Waals surface area contributed by atoms with Crippen LogP contribution in [0.2, 0.25) is 0 Å². The highest BCUT2D eigenvalue weighted by atomic mass is 16.2. The summed E-state index contributed by atoms with van der Waals surface area (Å²) in [5, 5.41) is 0. The van der Waals surface area contributed by atoms with Crippen LogP contribution in [0.4, 0.5) is 5.69 Å². The van der Waals surface area contributed by atoms with Crippen molar-refractivity contribution in [3.8, 4) is 0 Å². The molecule has 130 valence electrons. The number of fused-ring (bicyclic) bond motifs is 1. The second kappa shape index (κ2) is 7.01. The molecule has 2 heterocycles. The Morgan fingerprint density at radius 1 is 1.08 bits per heavy atom. The minimum atomic E-state index is 0.114. The summed E-state index contributed by atoms with van der Waals surface area (Å²) in [6.45, 7) is 6.49. The number of hydrogen-bond donors (Lipinski definition) is 0. The number of rotatable bonds is 3. The molecule has 1 amide bonds. The van der Waals surface area contributed by atoms with Crippen molar-refractivity contribution >= 4 is 11.6 Å². The van der Waals surface area contributed by atoms with Crippen LogP contribution in [0.5, 0.6) is 0 Å². The second-order valence-electron chi connectivity index (χ2n) is 7.51. The highest BCUT2D eigenvalue weighted by Gasteiger charge is 2.25. The number of carbonyl (C=O) groups excluding carboxylic acids is 1. The molecule has 0 aliphatic carbocycles. The third-order valence-corrected chi connectivity index (χ3v) is 5.48. The van der Waals surface area contributed by atoms with Gasteiger partial charge in [0.25, 0.3) is 5.91 Å². The molecule has 0 saturated carbocycles. The summed E-state index contributed by atoms with van der Waals surface area (Å²) in [6.07, 6.45) is 3.60. The maximum atomic E-state index is 12.9. The molecule has 0 bridgehead atoms. The van der Waals surface area contributed by atoms with Gasteiger partial charge in [-0.3, -0.25) is 9.69 Å². The molecule has 1 saturated heterocycles. The summed E-state index contributed by atoms with van der Waals surface area (Å²) in [4.78, 5) is 17.3. The summed E-state index contributed by atoms with van der Waals surface area (Å²) in [5.74, 6) is 0.910. The molecule has 4 rings (SSSR count). The van der Waals surface area contributed by atoms with Crippen LogP contribution in [-0.2, 0) is 13.0 Å². The molecular formula is C22H26N2O. The minimum Gasteiger partial charge on any atom is -0.308 e. The quantitative estimate of drug-likeness (QED) is 0.843. The first kappa shape index (κ1) is 16.3. The van der Waals surface area contributed by atoms with Crippen LogP contribution in [0.1, 0.15) is 41.3 Å². The molecule has 1 atom stereocenters. The summed E-state index contributed by atoms with van der Waals surface area (Å²) in [5.41, 5.74) is 4.42. The molecule has 0 spiro atoms. The predicted octanol–water partition coefficient (Wildman–Crippen LogP) is 4.12. The maximum Gasteiger partial charge on any atom is 0.258 e. The first-order valence-corrected chi connectivity index (χ1v) is 9.42. The summed E-state index contributed by atoms with van der Waals surface area (Å²) < 4.78 is 0. The molecule has 1 fully saturated rings. The zero-order valence-electron chi connectivity index (χ0n) is 14.9. The van der Waals surface area contributed by atoms with E-state index in [9.17, 15) is 4.79 Å². The Hall–Kier alpha value is -2.13. The van der Waals surface area contributed by atoms with Crippen molar-refractivity contribution in [3.63, 3.8) is 0 Å². The summed E-state index contributed by atoms with van der Waals surface area (Å²) >= 11 is 0. The van der Waals surface area contributed by atoms with Gasteiger partial charge in [0, 0.05) is 30.9 Å². The molecule has 3 heteroatoms. The Labute approximate surface area is 150 Å². The number of piperidine rings is 1. The summed E-state index contributed by atoms with van der Waals surface area (Å²) in [6, 6.07) is 16.4. The lowest BCUT2D eigenvalue weighted by atomic mass is 9.99. The molecule has 2 aliphatic rings. The molecular weight excluding hydrogens is 308 g/mol. The molecule has 0 radical (unpaired) electrons. The number of amides is 1. The SMILES string of the molecule is C[C@H]1CCCN(Cc2ccc(C(=O)N3CCc4ccccc43)cc2)C1. The smallest absolute Gasteiger partial charge is 0.258 e. The van der Waals surface area contributed by atoms with Crippen molar-refractivity contribution in [3.05, 3.63) is 65.2 Å². The van der Waals surface area contributed by atoms with E-state index in [4.69, 9.17) is 0 Å². The zero-order valence-corrected chi connectivity index (χ0v) is 14.9. The Morgan fingerprint density at radius 2 is 1.88 bits per heavy atom. The molecule has 2 aromatic rings. The van der Waals surface area contributed by atoms with E-state index in [1.54, 1.807) is 0 Å². The maximum absolute atomic E-state index is 12.9. The van der Waals surface area contributed by atoms with Gasteiger partial charge in [-0.15, -0.1) is 0 Å². The Bertz CT molecular complexity index is 753. The fraction of sp³-hybridized carbons (Fsp3) is 0.409. The van der Waals surface area contributed by atoms with Crippen molar-refractivity contribution in [1.29, 1.82) is 0 Å². The standard InChI is InChI=1S/C22H26N2O/c1-17-5-4-13-23(15-17)16-18-8-10-20(11-9-18)22(25)24-14-12-19-6-2-3-7-21(19)24/h2-3,6-11,17H,4-5,12-16H2,1H3/t17-/m0/s1. The molecule has 2 aromatic carbocycles. The van der Waals surface area contributed by atoms with Crippen LogP contribution < -0.4 is 4.90 Å². The molecule has 0 unspecified atom stereocenters. The van der Waals surface area contributed by atoms with E-state index in [1.807, 2.05) is 35.2 Å². The molecule has 25 heavy (non-hydrogen) atoms. The third-order valence-electron chi connectivity index (χ3n) is 5.48. The lowest BCUT2D eigenvalue weighted by Crippen LogP contribution is -2.33. The zero-order chi connectivity index (χ0) is 17.2. The number of hydrogen-bond acceptors (Lipinski definition) is 2. The van der Waals surface area contributed by atoms with Crippen molar-refractivity contribution in [2.24, 2.45) is 5.92 Å². The number of nitrogens with zero attached hydrogens (tertiary/aromatic N) is 2. The number of carbonyl (C=O) groups is 1. The van der Waals surface area contributed by atoms with Crippen LogP contribution in [0.15, 0.2) is 48.5 Å². The van der Waals surface area contributed by atoms with Crippen molar-refractivity contribution in [2.75, 3.05) is 24.5 Å². The van der Waals surface area contributed by atoms with Gasteiger partial charge < -0.3 is 4.90 Å². The van der Waals surface area contributed by atoms with E-state index in [1.165, 1.54) is 37.1 Å². The van der Waals surface area contributed by atoms with Crippen molar-refractivity contribution < 1.29 is 4.79 Å². The predicted molar refractivity (Wildman–Crippen MR) is 102 cm³/mol. The molecule has 0 N–H and O–H groups in total. The fourth-order valence-corrected chi connectivity index (χ4v) is 4.15. The van der Waals surface area contributed by atoms with E-state index >= 15 is 0 Å². The Balaban J connectivity index is 1.44. The van der Waals surface area contributed by atoms with E-state index in [2.05, 4.69) is 30.0 Å². The van der Waals surface area contributed by atoms with Crippen LogP contribution in [0, 0.1) is 5.92 Å². The number of benzene rings is 2. The van der Waals surface area contributed by atoms with Gasteiger partial charge in [-0.2, -0.15) is 0 Å². The van der Waals surface area contributed by atoms with Gasteiger partial charge in [0.05, 0.1) is 0 Å².